The van der Waals surface area contributed by atoms with Gasteiger partial charge in [0.2, 0.25) is 0 Å². The van der Waals surface area contributed by atoms with Crippen molar-refractivity contribution in [3.63, 3.8) is 0 Å². The van der Waals surface area contributed by atoms with Crippen molar-refractivity contribution in [2.45, 2.75) is 6.18 Å². The topological polar surface area (TPSA) is 26.0 Å². The average Bonchev–Trinajstić information content (AvgIpc) is 2.09. The van der Waals surface area contributed by atoms with Gasteiger partial charge < -0.3 is 5.73 Å². The second-order valence-electron chi connectivity index (χ2n) is 1.79. The molecule has 0 saturated heterocycles. The summed E-state index contributed by atoms with van der Waals surface area (Å²) >= 11 is 0. The Bertz CT molecular complexity index is 387. The van der Waals surface area contributed by atoms with E-state index < -0.39 is 41.6 Å². The molecule has 1 aromatic rings. The molecule has 0 radical (unpaired) electrons. The molecule has 2 N–H and O–H groups in total. The molecule has 0 fully saturated rings. The van der Waals surface area contributed by atoms with Gasteiger partial charge in [-0.25, -0.2) is 0 Å². The Morgan fingerprint density at radius 1 is 1.36 bits per heavy atom. The minimum atomic E-state index is -4.91. The van der Waals surface area contributed by atoms with E-state index in [0.29, 0.717) is 0 Å². The fraction of sp³-hybridized carbons (Fsp3) is 0.143. The van der Waals surface area contributed by atoms with Gasteiger partial charge in [-0.1, -0.05) is 6.04 Å². The normalized spacial score (nSPS) is 16.6. The predicted molar refractivity (Wildman–Crippen MR) is 35.9 cm³/mol. The van der Waals surface area contributed by atoms with Crippen LogP contribution >= 0.6 is 0 Å². The standard InChI is InChI=1S/C7H6F3N/c8-7(9,10)5-2-1-3-6(11)4-5/h1-4H,11H2/i1D,2D,3D,4D. The first-order chi connectivity index (χ1) is 6.68. The second-order valence-corrected chi connectivity index (χ2v) is 1.79. The summed E-state index contributed by atoms with van der Waals surface area (Å²) in [5.41, 5.74) is 2.77. The van der Waals surface area contributed by atoms with Crippen LogP contribution in [-0.2, 0) is 6.18 Å². The van der Waals surface area contributed by atoms with Gasteiger partial charge in [-0.15, -0.1) is 0 Å². The van der Waals surface area contributed by atoms with E-state index in [2.05, 4.69) is 0 Å². The third-order valence-corrected chi connectivity index (χ3v) is 0.928. The van der Waals surface area contributed by atoms with Gasteiger partial charge in [0, 0.05) is 5.69 Å². The smallest absolute Gasteiger partial charge is 0.399 e. The summed E-state index contributed by atoms with van der Waals surface area (Å²) < 4.78 is 65.3. The summed E-state index contributed by atoms with van der Waals surface area (Å²) in [5.74, 6) is 0. The Morgan fingerprint density at radius 3 is 2.55 bits per heavy atom. The Morgan fingerprint density at radius 2 is 2.00 bits per heavy atom. The lowest BCUT2D eigenvalue weighted by Gasteiger charge is -2.05. The minimum absolute atomic E-state index is 0.724. The molecule has 0 heterocycles. The van der Waals surface area contributed by atoms with Crippen molar-refractivity contribution in [3.05, 3.63) is 29.7 Å². The molecule has 0 aliphatic heterocycles. The molecule has 0 aliphatic rings. The third-order valence-electron chi connectivity index (χ3n) is 0.928. The molecule has 1 rings (SSSR count). The van der Waals surface area contributed by atoms with E-state index >= 15 is 0 Å². The van der Waals surface area contributed by atoms with Gasteiger partial charge >= 0.3 is 6.18 Å². The molecule has 0 spiro atoms. The van der Waals surface area contributed by atoms with Gasteiger partial charge in [-0.3, -0.25) is 0 Å². The first-order valence-electron chi connectivity index (χ1n) is 4.61. The lowest BCUT2D eigenvalue weighted by Crippen LogP contribution is -2.04. The zero-order chi connectivity index (χ0) is 12.0. The van der Waals surface area contributed by atoms with Crippen LogP contribution in [0.2, 0.25) is 0 Å². The number of nitrogens with two attached hydrogens (primary N) is 1. The molecule has 0 atom stereocenters. The lowest BCUT2D eigenvalue weighted by molar-refractivity contribution is -0.137. The van der Waals surface area contributed by atoms with E-state index in [4.69, 9.17) is 11.2 Å². The van der Waals surface area contributed by atoms with E-state index in [9.17, 15) is 13.2 Å². The van der Waals surface area contributed by atoms with Gasteiger partial charge in [-0.05, 0) is 18.1 Å². The van der Waals surface area contributed by atoms with Crippen LogP contribution < -0.4 is 5.73 Å². The summed E-state index contributed by atoms with van der Waals surface area (Å²) in [6.45, 7) is 0. The number of benzene rings is 1. The summed E-state index contributed by atoms with van der Waals surface area (Å²) in [4.78, 5) is 0. The summed E-state index contributed by atoms with van der Waals surface area (Å²) in [6.07, 6.45) is -4.91. The zero-order valence-corrected chi connectivity index (χ0v) is 5.21. The van der Waals surface area contributed by atoms with Crippen molar-refractivity contribution in [1.29, 1.82) is 0 Å². The van der Waals surface area contributed by atoms with E-state index in [1.807, 2.05) is 0 Å². The van der Waals surface area contributed by atoms with Gasteiger partial charge in [0.15, 0.2) is 0 Å². The highest BCUT2D eigenvalue weighted by atomic mass is 19.4. The monoisotopic (exact) mass is 165 g/mol. The lowest BCUT2D eigenvalue weighted by atomic mass is 10.2. The largest absolute Gasteiger partial charge is 0.416 e. The molecule has 11 heavy (non-hydrogen) atoms. The van der Waals surface area contributed by atoms with Crippen LogP contribution in [0.5, 0.6) is 0 Å². The van der Waals surface area contributed by atoms with E-state index in [1.165, 1.54) is 0 Å². The van der Waals surface area contributed by atoms with Gasteiger partial charge in [0.25, 0.3) is 0 Å². The van der Waals surface area contributed by atoms with Crippen molar-refractivity contribution in [3.8, 4) is 0 Å². The molecule has 1 aromatic carbocycles. The predicted octanol–water partition coefficient (Wildman–Crippen LogP) is 2.29. The number of hydrogen-bond donors (Lipinski definition) is 1. The molecule has 0 saturated carbocycles. The molecule has 60 valence electrons. The average molecular weight is 165 g/mol. The minimum Gasteiger partial charge on any atom is -0.399 e. The number of hydrogen-bond acceptors (Lipinski definition) is 1. The first kappa shape index (κ1) is 3.99. The Hall–Kier alpha value is -1.19. The van der Waals surface area contributed by atoms with E-state index in [0.717, 1.165) is 0 Å². The van der Waals surface area contributed by atoms with Crippen LogP contribution in [0.15, 0.2) is 24.2 Å². The van der Waals surface area contributed by atoms with Gasteiger partial charge in [0.05, 0.1) is 11.0 Å². The molecular weight excluding hydrogens is 155 g/mol. The molecule has 0 unspecified atom stereocenters. The van der Waals surface area contributed by atoms with Crippen LogP contribution in [0.4, 0.5) is 18.9 Å². The molecule has 0 amide bonds. The van der Waals surface area contributed by atoms with Gasteiger partial charge in [0.1, 0.15) is 0 Å². The SMILES string of the molecule is [2H]c1c([2H])c(N)c([2H])c(C(F)(F)F)c1[2H]. The number of anilines is 1. The summed E-state index contributed by atoms with van der Waals surface area (Å²) in [5, 5.41) is 0. The maximum absolute atomic E-state index is 12.4. The van der Waals surface area contributed by atoms with Gasteiger partial charge in [-0.2, -0.15) is 13.2 Å². The highest BCUT2D eigenvalue weighted by molar-refractivity contribution is 5.41. The fourth-order valence-electron chi connectivity index (χ4n) is 0.500. The number of halogens is 3. The molecular formula is C7H6F3N. The Kier molecular flexibility index (Phi) is 0.889. The Balaban J connectivity index is 3.68. The molecule has 4 heteroatoms. The first-order valence-corrected chi connectivity index (χ1v) is 2.61. The van der Waals surface area contributed by atoms with Crippen LogP contribution in [0, 0.1) is 0 Å². The van der Waals surface area contributed by atoms with Crippen LogP contribution in [0.25, 0.3) is 0 Å². The van der Waals surface area contributed by atoms with Crippen molar-refractivity contribution in [2.24, 2.45) is 0 Å². The number of nitrogen functional groups attached to an aromatic ring is 1. The number of rotatable bonds is 0. The molecule has 0 aliphatic carbocycles. The van der Waals surface area contributed by atoms with E-state index in [1.54, 1.807) is 0 Å². The van der Waals surface area contributed by atoms with Crippen molar-refractivity contribution in [2.75, 3.05) is 5.73 Å². The maximum Gasteiger partial charge on any atom is 0.416 e. The summed E-state index contributed by atoms with van der Waals surface area (Å²) in [6, 6.07) is -3.95. The fourth-order valence-corrected chi connectivity index (χ4v) is 0.500. The van der Waals surface area contributed by atoms with Crippen molar-refractivity contribution in [1.82, 2.24) is 0 Å². The number of alkyl halides is 3. The maximum atomic E-state index is 12.4. The van der Waals surface area contributed by atoms with Crippen LogP contribution in [0.1, 0.15) is 11.0 Å². The van der Waals surface area contributed by atoms with E-state index in [-0.39, 0.29) is 0 Å². The molecule has 1 nitrogen and oxygen atoms in total. The third kappa shape index (κ3) is 1.86. The highest BCUT2D eigenvalue weighted by Crippen LogP contribution is 2.29. The van der Waals surface area contributed by atoms with Crippen molar-refractivity contribution >= 4 is 5.69 Å². The summed E-state index contributed by atoms with van der Waals surface area (Å²) in [7, 11) is 0. The molecule has 0 bridgehead atoms. The van der Waals surface area contributed by atoms with Crippen LogP contribution in [-0.4, -0.2) is 0 Å². The van der Waals surface area contributed by atoms with Crippen LogP contribution in [0.3, 0.4) is 0 Å². The Labute approximate surface area is 67.3 Å². The zero-order valence-electron chi connectivity index (χ0n) is 9.21. The second kappa shape index (κ2) is 2.45. The quantitative estimate of drug-likeness (QED) is 0.586. The highest BCUT2D eigenvalue weighted by Gasteiger charge is 2.30. The molecule has 0 aromatic heterocycles. The van der Waals surface area contributed by atoms with Crippen molar-refractivity contribution < 1.29 is 18.7 Å².